The van der Waals surface area contributed by atoms with Crippen LogP contribution in [0.2, 0.25) is 0 Å². The highest BCUT2D eigenvalue weighted by molar-refractivity contribution is 5.72. The molecule has 0 unspecified atom stereocenters. The maximum absolute atomic E-state index is 12.4. The average Bonchev–Trinajstić information content (AvgIpc) is 2.98. The Hall–Kier alpha value is -4.83. The zero-order valence-electron chi connectivity index (χ0n) is 24.3. The van der Waals surface area contributed by atoms with Crippen molar-refractivity contribution in [2.75, 3.05) is 6.61 Å². The van der Waals surface area contributed by atoms with Gasteiger partial charge in [0.1, 0.15) is 5.60 Å². The highest BCUT2D eigenvalue weighted by Crippen LogP contribution is 2.41. The second kappa shape index (κ2) is 15.4. The van der Waals surface area contributed by atoms with Crippen molar-refractivity contribution in [3.05, 3.63) is 108 Å². The van der Waals surface area contributed by atoms with Crippen LogP contribution in [0.5, 0.6) is 0 Å². The SMILES string of the molecule is CC(=O)O[C@H]([C@H](OC(C)=O)[C@H](C=O)OC(C)=O)[C@@H](COC(c1ccccc1)(c1ccccc1)c1ccccc1)OC(C)=O. The molecule has 3 aromatic rings. The molecule has 0 aliphatic carbocycles. The van der Waals surface area contributed by atoms with Crippen LogP contribution < -0.4 is 0 Å². The molecule has 0 heterocycles. The molecular weight excluding hydrogens is 556 g/mol. The van der Waals surface area contributed by atoms with Gasteiger partial charge in [0.25, 0.3) is 0 Å². The fourth-order valence-corrected chi connectivity index (χ4v) is 4.81. The first-order valence-electron chi connectivity index (χ1n) is 13.5. The third-order valence-corrected chi connectivity index (χ3v) is 6.38. The number of hydrogen-bond donors (Lipinski definition) is 0. The van der Waals surface area contributed by atoms with E-state index in [-0.39, 0.29) is 6.29 Å². The molecule has 226 valence electrons. The zero-order valence-corrected chi connectivity index (χ0v) is 24.3. The Morgan fingerprint density at radius 3 is 1.30 bits per heavy atom. The summed E-state index contributed by atoms with van der Waals surface area (Å²) in [7, 11) is 0. The van der Waals surface area contributed by atoms with E-state index in [4.69, 9.17) is 23.7 Å². The van der Waals surface area contributed by atoms with Crippen LogP contribution in [0.1, 0.15) is 44.4 Å². The van der Waals surface area contributed by atoms with Crippen molar-refractivity contribution in [2.24, 2.45) is 0 Å². The van der Waals surface area contributed by atoms with Crippen LogP contribution in [-0.2, 0) is 53.3 Å². The van der Waals surface area contributed by atoms with Crippen molar-refractivity contribution in [2.45, 2.75) is 57.7 Å². The van der Waals surface area contributed by atoms with Gasteiger partial charge in [0.15, 0.2) is 30.7 Å². The Morgan fingerprint density at radius 2 is 0.953 bits per heavy atom. The van der Waals surface area contributed by atoms with Gasteiger partial charge in [-0.1, -0.05) is 91.0 Å². The molecule has 0 saturated carbocycles. The first-order chi connectivity index (χ1) is 20.6. The maximum Gasteiger partial charge on any atom is 0.303 e. The smallest absolute Gasteiger partial charge is 0.303 e. The quantitative estimate of drug-likeness (QED) is 0.118. The van der Waals surface area contributed by atoms with Crippen molar-refractivity contribution in [3.8, 4) is 0 Å². The summed E-state index contributed by atoms with van der Waals surface area (Å²) in [5.41, 5.74) is 0.945. The molecule has 3 rings (SSSR count). The summed E-state index contributed by atoms with van der Waals surface area (Å²) in [5, 5.41) is 0. The lowest BCUT2D eigenvalue weighted by Gasteiger charge is -2.39. The van der Waals surface area contributed by atoms with E-state index >= 15 is 0 Å². The van der Waals surface area contributed by atoms with Gasteiger partial charge < -0.3 is 23.7 Å². The molecule has 0 spiro atoms. The Morgan fingerprint density at radius 1 is 0.581 bits per heavy atom. The summed E-state index contributed by atoms with van der Waals surface area (Å²) in [4.78, 5) is 60.6. The summed E-state index contributed by atoms with van der Waals surface area (Å²) in [6.07, 6.45) is -6.17. The van der Waals surface area contributed by atoms with E-state index in [0.29, 0.717) is 0 Å². The standard InChI is InChI=1S/C33H34O10/c1-22(35)40-29(20-34)31(42-24(3)37)32(43-25(4)38)30(41-23(2)36)21-39-33(26-14-8-5-9-15-26,27-16-10-6-11-17-27)28-18-12-7-13-19-28/h5-20,29-32H,21H2,1-4H3/t29-,30+,31+,32-/m0/s1. The normalized spacial score (nSPS) is 13.9. The number of benzene rings is 3. The van der Waals surface area contributed by atoms with E-state index in [1.807, 2.05) is 91.0 Å². The summed E-state index contributed by atoms with van der Waals surface area (Å²) in [6, 6.07) is 28.0. The van der Waals surface area contributed by atoms with E-state index in [9.17, 15) is 24.0 Å². The monoisotopic (exact) mass is 590 g/mol. The molecule has 0 aliphatic heterocycles. The number of aldehydes is 1. The molecule has 10 nitrogen and oxygen atoms in total. The molecule has 0 saturated heterocycles. The number of carbonyl (C=O) groups is 5. The van der Waals surface area contributed by atoms with Crippen LogP contribution in [0.3, 0.4) is 0 Å². The summed E-state index contributed by atoms with van der Waals surface area (Å²) in [6.45, 7) is 3.94. The molecule has 4 atom stereocenters. The van der Waals surface area contributed by atoms with Crippen LogP contribution in [-0.4, -0.2) is 61.2 Å². The van der Waals surface area contributed by atoms with E-state index in [2.05, 4.69) is 0 Å². The highest BCUT2D eigenvalue weighted by Gasteiger charge is 2.46. The van der Waals surface area contributed by atoms with Gasteiger partial charge in [-0.3, -0.25) is 24.0 Å². The van der Waals surface area contributed by atoms with E-state index in [1.165, 1.54) is 0 Å². The zero-order chi connectivity index (χ0) is 31.4. The van der Waals surface area contributed by atoms with Crippen LogP contribution in [0.15, 0.2) is 91.0 Å². The predicted molar refractivity (Wildman–Crippen MR) is 153 cm³/mol. The van der Waals surface area contributed by atoms with Gasteiger partial charge in [-0.25, -0.2) is 0 Å². The molecule has 0 amide bonds. The molecule has 3 aromatic carbocycles. The van der Waals surface area contributed by atoms with Gasteiger partial charge >= 0.3 is 23.9 Å². The van der Waals surface area contributed by atoms with Crippen LogP contribution in [0.25, 0.3) is 0 Å². The minimum atomic E-state index is -1.69. The summed E-state index contributed by atoms with van der Waals surface area (Å²) >= 11 is 0. The van der Waals surface area contributed by atoms with Crippen molar-refractivity contribution < 1.29 is 47.7 Å². The highest BCUT2D eigenvalue weighted by atomic mass is 16.6. The lowest BCUT2D eigenvalue weighted by Crippen LogP contribution is -2.54. The van der Waals surface area contributed by atoms with Gasteiger partial charge in [0, 0.05) is 27.7 Å². The topological polar surface area (TPSA) is 132 Å². The van der Waals surface area contributed by atoms with Crippen molar-refractivity contribution >= 4 is 30.2 Å². The summed E-state index contributed by atoms with van der Waals surface area (Å²) in [5.74, 6) is -3.33. The second-order valence-electron chi connectivity index (χ2n) is 9.60. The van der Waals surface area contributed by atoms with Gasteiger partial charge in [-0.05, 0) is 16.7 Å². The van der Waals surface area contributed by atoms with Crippen LogP contribution in [0, 0.1) is 0 Å². The van der Waals surface area contributed by atoms with E-state index in [1.54, 1.807) is 0 Å². The van der Waals surface area contributed by atoms with E-state index < -0.39 is 60.5 Å². The lowest BCUT2D eigenvalue weighted by atomic mass is 9.80. The molecule has 43 heavy (non-hydrogen) atoms. The Balaban J connectivity index is 2.20. The molecule has 0 aliphatic rings. The number of ether oxygens (including phenoxy) is 5. The van der Waals surface area contributed by atoms with Crippen molar-refractivity contribution in [1.82, 2.24) is 0 Å². The maximum atomic E-state index is 12.4. The molecule has 0 radical (unpaired) electrons. The third kappa shape index (κ3) is 8.59. The molecule has 0 fully saturated rings. The average molecular weight is 591 g/mol. The molecule has 10 heteroatoms. The largest absolute Gasteiger partial charge is 0.456 e. The fraction of sp³-hybridized carbons (Fsp3) is 0.303. The second-order valence-corrected chi connectivity index (χ2v) is 9.60. The predicted octanol–water partition coefficient (Wildman–Crippen LogP) is 3.92. The Labute approximate surface area is 249 Å². The fourth-order valence-electron chi connectivity index (χ4n) is 4.81. The van der Waals surface area contributed by atoms with Crippen molar-refractivity contribution in [1.29, 1.82) is 0 Å². The number of rotatable bonds is 14. The van der Waals surface area contributed by atoms with Crippen LogP contribution >= 0.6 is 0 Å². The Kier molecular flexibility index (Phi) is 11.7. The minimum absolute atomic E-state index is 0.236. The van der Waals surface area contributed by atoms with Gasteiger partial charge in [-0.2, -0.15) is 0 Å². The van der Waals surface area contributed by atoms with Gasteiger partial charge in [-0.15, -0.1) is 0 Å². The number of hydrogen-bond acceptors (Lipinski definition) is 10. The van der Waals surface area contributed by atoms with Gasteiger partial charge in [0.05, 0.1) is 6.61 Å². The first kappa shape index (κ1) is 32.7. The van der Waals surface area contributed by atoms with Crippen molar-refractivity contribution in [3.63, 3.8) is 0 Å². The molecule has 0 N–H and O–H groups in total. The molecule has 0 aromatic heterocycles. The Bertz CT molecular complexity index is 1280. The lowest BCUT2D eigenvalue weighted by molar-refractivity contribution is -0.203. The van der Waals surface area contributed by atoms with Gasteiger partial charge in [0.2, 0.25) is 0 Å². The third-order valence-electron chi connectivity index (χ3n) is 6.38. The number of esters is 4. The minimum Gasteiger partial charge on any atom is -0.456 e. The molecular formula is C33H34O10. The first-order valence-corrected chi connectivity index (χ1v) is 13.5. The number of carbonyl (C=O) groups excluding carboxylic acids is 5. The molecule has 0 bridgehead atoms. The van der Waals surface area contributed by atoms with Crippen LogP contribution in [0.4, 0.5) is 0 Å². The van der Waals surface area contributed by atoms with E-state index in [0.717, 1.165) is 44.4 Å². The summed E-state index contributed by atoms with van der Waals surface area (Å²) < 4.78 is 28.3.